The van der Waals surface area contributed by atoms with Crippen LogP contribution in [0.15, 0.2) is 24.3 Å². The lowest BCUT2D eigenvalue weighted by atomic mass is 10.0. The molecular weight excluding hydrogens is 290 g/mol. The summed E-state index contributed by atoms with van der Waals surface area (Å²) in [7, 11) is 1.45. The third kappa shape index (κ3) is 4.43. The van der Waals surface area contributed by atoms with Gasteiger partial charge in [0.25, 0.3) is 0 Å². The van der Waals surface area contributed by atoms with Gasteiger partial charge in [-0.15, -0.1) is 0 Å². The first-order valence-corrected chi connectivity index (χ1v) is 9.07. The number of rotatable bonds is 4. The first kappa shape index (κ1) is 15.7. The van der Waals surface area contributed by atoms with E-state index in [1.165, 1.54) is 18.6 Å². The molecule has 0 amide bonds. The van der Waals surface area contributed by atoms with Crippen LogP contribution in [0, 0.1) is 6.92 Å². The molecule has 3 nitrogen and oxygen atoms in total. The van der Waals surface area contributed by atoms with Crippen LogP contribution < -0.4 is 5.32 Å². The van der Waals surface area contributed by atoms with E-state index in [2.05, 4.69) is 5.32 Å². The number of methoxy groups -OCH3 is 1. The number of thioether (sulfide) groups is 2. The summed E-state index contributed by atoms with van der Waals surface area (Å²) in [4.78, 5) is 12.1. The minimum atomic E-state index is -0.371. The normalized spacial score (nSPS) is 18.3. The molecule has 0 aromatic heterocycles. The van der Waals surface area contributed by atoms with Crippen LogP contribution in [0.3, 0.4) is 0 Å². The third-order valence-electron chi connectivity index (χ3n) is 3.22. The maximum Gasteiger partial charge on any atom is 0.327 e. The molecule has 0 bridgehead atoms. The predicted octanol–water partition coefficient (Wildman–Crippen LogP) is 2.65. The minimum absolute atomic E-state index is 0.213. The molecule has 0 radical (unpaired) electrons. The van der Waals surface area contributed by atoms with E-state index in [9.17, 15) is 4.79 Å². The number of carbonyl (C=O) groups is 1. The van der Waals surface area contributed by atoms with E-state index in [1.807, 2.05) is 54.7 Å². The van der Waals surface area contributed by atoms with Gasteiger partial charge in [-0.2, -0.15) is 23.5 Å². The summed E-state index contributed by atoms with van der Waals surface area (Å²) in [6.45, 7) is 2.04. The molecule has 1 N–H and O–H groups in total. The van der Waals surface area contributed by atoms with Crippen molar-refractivity contribution in [3.8, 4) is 0 Å². The van der Waals surface area contributed by atoms with Crippen LogP contribution in [0.5, 0.6) is 0 Å². The Bertz CT molecular complexity index is 445. The molecule has 0 unspecified atom stereocenters. The zero-order valence-corrected chi connectivity index (χ0v) is 13.6. The molecule has 0 aliphatic carbocycles. The Morgan fingerprint density at radius 2 is 2.05 bits per heavy atom. The fraction of sp³-hybridized carbons (Fsp3) is 0.533. The fourth-order valence-electron chi connectivity index (χ4n) is 2.22. The molecule has 1 aliphatic rings. The van der Waals surface area contributed by atoms with Crippen LogP contribution in [0.4, 0.5) is 0 Å². The van der Waals surface area contributed by atoms with Crippen molar-refractivity contribution in [1.82, 2.24) is 5.32 Å². The molecule has 2 rings (SSSR count). The molecule has 1 heterocycles. The number of benzene rings is 1. The molecule has 0 saturated carbocycles. The molecule has 5 heteroatoms. The molecule has 20 heavy (non-hydrogen) atoms. The van der Waals surface area contributed by atoms with Gasteiger partial charge in [-0.1, -0.05) is 29.8 Å². The Balaban J connectivity index is 2.12. The number of carbonyl (C=O) groups excluding carboxylic acids is 1. The predicted molar refractivity (Wildman–Crippen MR) is 87.5 cm³/mol. The Hall–Kier alpha value is -0.650. The zero-order valence-electron chi connectivity index (χ0n) is 11.9. The highest BCUT2D eigenvalue weighted by Gasteiger charge is 2.25. The van der Waals surface area contributed by atoms with Gasteiger partial charge in [0.1, 0.15) is 6.04 Å². The second-order valence-electron chi connectivity index (χ2n) is 4.88. The quantitative estimate of drug-likeness (QED) is 0.866. The average Bonchev–Trinajstić information content (AvgIpc) is 2.72. The van der Waals surface area contributed by atoms with Gasteiger partial charge in [0, 0.05) is 29.1 Å². The number of hydrogen-bond donors (Lipinski definition) is 1. The number of ether oxygens (including phenoxy) is 1. The number of hydrogen-bond acceptors (Lipinski definition) is 5. The monoisotopic (exact) mass is 311 g/mol. The van der Waals surface area contributed by atoms with Crippen LogP contribution in [0.1, 0.15) is 17.2 Å². The molecule has 0 spiro atoms. The number of esters is 1. The van der Waals surface area contributed by atoms with Crippen LogP contribution in [0.25, 0.3) is 0 Å². The van der Waals surface area contributed by atoms with Crippen molar-refractivity contribution in [2.24, 2.45) is 0 Å². The van der Waals surface area contributed by atoms with Gasteiger partial charge in [0.15, 0.2) is 0 Å². The Kier molecular flexibility index (Phi) is 6.26. The third-order valence-corrected chi connectivity index (χ3v) is 5.74. The maximum atomic E-state index is 12.1. The highest BCUT2D eigenvalue weighted by Crippen LogP contribution is 2.21. The Morgan fingerprint density at radius 3 is 2.65 bits per heavy atom. The molecule has 1 aliphatic heterocycles. The number of nitrogens with one attached hydrogen (secondary N) is 1. The second-order valence-corrected chi connectivity index (χ2v) is 7.18. The van der Waals surface area contributed by atoms with Crippen molar-refractivity contribution >= 4 is 29.5 Å². The van der Waals surface area contributed by atoms with E-state index in [0.717, 1.165) is 22.6 Å². The van der Waals surface area contributed by atoms with Crippen molar-refractivity contribution in [2.75, 3.05) is 30.1 Å². The first-order valence-electron chi connectivity index (χ1n) is 6.76. The highest BCUT2D eigenvalue weighted by molar-refractivity contribution is 8.03. The molecule has 1 fully saturated rings. The van der Waals surface area contributed by atoms with E-state index >= 15 is 0 Å². The Labute approximate surface area is 129 Å². The Morgan fingerprint density at radius 1 is 1.35 bits per heavy atom. The van der Waals surface area contributed by atoms with Gasteiger partial charge in [-0.05, 0) is 12.5 Å². The van der Waals surface area contributed by atoms with Crippen LogP contribution in [0.2, 0.25) is 0 Å². The molecule has 110 valence electrons. The van der Waals surface area contributed by atoms with Gasteiger partial charge in [-0.25, -0.2) is 4.79 Å². The van der Waals surface area contributed by atoms with Crippen LogP contribution in [-0.4, -0.2) is 42.1 Å². The molecular formula is C15H21NO2S2. The van der Waals surface area contributed by atoms with Gasteiger partial charge < -0.3 is 4.74 Å². The summed E-state index contributed by atoms with van der Waals surface area (Å²) in [6.07, 6.45) is 0. The maximum absolute atomic E-state index is 12.1. The summed E-state index contributed by atoms with van der Waals surface area (Å²) in [5.74, 6) is 4.26. The largest absolute Gasteiger partial charge is 0.468 e. The van der Waals surface area contributed by atoms with Gasteiger partial charge in [0.2, 0.25) is 0 Å². The van der Waals surface area contributed by atoms with Crippen molar-refractivity contribution in [2.45, 2.75) is 19.0 Å². The molecule has 1 atom stereocenters. The number of aryl methyl sites for hydroxylation is 1. The van der Waals surface area contributed by atoms with E-state index in [4.69, 9.17) is 4.74 Å². The zero-order chi connectivity index (χ0) is 14.4. The minimum Gasteiger partial charge on any atom is -0.468 e. The van der Waals surface area contributed by atoms with Crippen molar-refractivity contribution in [3.63, 3.8) is 0 Å². The van der Waals surface area contributed by atoms with Crippen LogP contribution in [-0.2, 0) is 9.53 Å². The summed E-state index contributed by atoms with van der Waals surface area (Å²) >= 11 is 3.90. The highest BCUT2D eigenvalue weighted by atomic mass is 32.2. The lowest BCUT2D eigenvalue weighted by molar-refractivity contribution is -0.143. The first-order chi connectivity index (χ1) is 9.70. The summed E-state index contributed by atoms with van der Waals surface area (Å²) in [5, 5.41) is 3.47. The van der Waals surface area contributed by atoms with Crippen LogP contribution >= 0.6 is 23.5 Å². The lowest BCUT2D eigenvalue weighted by Crippen LogP contribution is -2.40. The fourth-order valence-corrected chi connectivity index (χ4v) is 4.64. The van der Waals surface area contributed by atoms with Crippen molar-refractivity contribution in [1.29, 1.82) is 0 Å². The lowest BCUT2D eigenvalue weighted by Gasteiger charge is -2.23. The van der Waals surface area contributed by atoms with Crippen molar-refractivity contribution in [3.05, 3.63) is 35.4 Å². The smallest absolute Gasteiger partial charge is 0.327 e. The molecule has 1 aromatic carbocycles. The standard InChI is InChI=1S/C15H21NO2S2/c1-11-4-3-5-12(8-11)14(15(17)18-2)16-13-9-19-6-7-20-10-13/h3-5,8,13-14,16H,6-7,9-10H2,1-2H3/t14-/m0/s1. The van der Waals surface area contributed by atoms with E-state index in [0.29, 0.717) is 6.04 Å². The van der Waals surface area contributed by atoms with Gasteiger partial charge in [0.05, 0.1) is 7.11 Å². The SMILES string of the molecule is COC(=O)[C@@H](NC1CSCCSC1)c1cccc(C)c1. The topological polar surface area (TPSA) is 38.3 Å². The van der Waals surface area contributed by atoms with Gasteiger partial charge >= 0.3 is 5.97 Å². The van der Waals surface area contributed by atoms with E-state index < -0.39 is 0 Å². The molecule has 1 saturated heterocycles. The summed E-state index contributed by atoms with van der Waals surface area (Å²) in [5.41, 5.74) is 2.14. The summed E-state index contributed by atoms with van der Waals surface area (Å²) < 4.78 is 4.96. The second kappa shape index (κ2) is 7.96. The molecule has 1 aromatic rings. The van der Waals surface area contributed by atoms with Gasteiger partial charge in [-0.3, -0.25) is 5.32 Å². The van der Waals surface area contributed by atoms with E-state index in [-0.39, 0.29) is 12.0 Å². The summed E-state index contributed by atoms with van der Waals surface area (Å²) in [6, 6.07) is 8.03. The average molecular weight is 311 g/mol. The van der Waals surface area contributed by atoms with E-state index in [1.54, 1.807) is 0 Å². The van der Waals surface area contributed by atoms with Crippen molar-refractivity contribution < 1.29 is 9.53 Å².